The summed E-state index contributed by atoms with van der Waals surface area (Å²) in [5, 5.41) is 26.1. The molecule has 1 aromatic carbocycles. The van der Waals surface area contributed by atoms with E-state index in [1.807, 2.05) is 0 Å². The second-order valence-electron chi connectivity index (χ2n) is 5.13. The van der Waals surface area contributed by atoms with Crippen LogP contribution in [0.2, 0.25) is 0 Å². The minimum atomic E-state index is -0.713. The van der Waals surface area contributed by atoms with Gasteiger partial charge in [-0.3, -0.25) is 14.9 Å². The first-order chi connectivity index (χ1) is 9.42. The molecule has 0 aromatic heterocycles. The number of anilines is 1. The van der Waals surface area contributed by atoms with Gasteiger partial charge in [-0.2, -0.15) is 0 Å². The zero-order chi connectivity index (χ0) is 14.8. The zero-order valence-corrected chi connectivity index (χ0v) is 11.2. The number of nitrogens with one attached hydrogen (secondary N) is 2. The molecule has 1 heterocycles. The van der Waals surface area contributed by atoms with Crippen molar-refractivity contribution >= 4 is 17.3 Å². The number of rotatable bonds is 3. The first kappa shape index (κ1) is 14.3. The van der Waals surface area contributed by atoms with Crippen molar-refractivity contribution in [3.8, 4) is 5.75 Å². The average molecular weight is 279 g/mol. The molecule has 20 heavy (non-hydrogen) atoms. The third-order valence-electron chi connectivity index (χ3n) is 3.56. The maximum Gasteiger partial charge on any atom is 0.271 e. The number of hydrogen-bond donors (Lipinski definition) is 3. The number of carbonyl (C=O) groups is 1. The normalized spacial score (nSPS) is 22.2. The predicted octanol–water partition coefficient (Wildman–Crippen LogP) is 1.77. The summed E-state index contributed by atoms with van der Waals surface area (Å²) >= 11 is 0. The molecule has 7 heteroatoms. The van der Waals surface area contributed by atoms with Crippen molar-refractivity contribution in [2.24, 2.45) is 0 Å². The molecule has 1 atom stereocenters. The van der Waals surface area contributed by atoms with Crippen LogP contribution in [0.1, 0.15) is 26.2 Å². The third-order valence-corrected chi connectivity index (χ3v) is 3.56. The van der Waals surface area contributed by atoms with Crippen LogP contribution in [-0.2, 0) is 4.79 Å². The van der Waals surface area contributed by atoms with Gasteiger partial charge in [0.05, 0.1) is 16.1 Å². The summed E-state index contributed by atoms with van der Waals surface area (Å²) in [5.74, 6) is -0.489. The number of aromatic hydroxyl groups is 1. The van der Waals surface area contributed by atoms with E-state index in [2.05, 4.69) is 10.6 Å². The van der Waals surface area contributed by atoms with Gasteiger partial charge < -0.3 is 15.7 Å². The van der Waals surface area contributed by atoms with Crippen LogP contribution in [0.3, 0.4) is 0 Å². The Morgan fingerprint density at radius 3 is 2.85 bits per heavy atom. The number of amides is 1. The summed E-state index contributed by atoms with van der Waals surface area (Å²) < 4.78 is 0. The number of hydrogen-bond acceptors (Lipinski definition) is 5. The van der Waals surface area contributed by atoms with Crippen molar-refractivity contribution in [3.05, 3.63) is 28.3 Å². The summed E-state index contributed by atoms with van der Waals surface area (Å²) in [4.78, 5) is 22.4. The quantitative estimate of drug-likeness (QED) is 0.444. The minimum Gasteiger partial charge on any atom is -0.506 e. The van der Waals surface area contributed by atoms with Gasteiger partial charge in [0.1, 0.15) is 5.75 Å². The van der Waals surface area contributed by atoms with E-state index in [1.54, 1.807) is 6.92 Å². The Labute approximate surface area is 116 Å². The van der Waals surface area contributed by atoms with Crippen LogP contribution in [0, 0.1) is 10.1 Å². The first-order valence-electron chi connectivity index (χ1n) is 6.46. The van der Waals surface area contributed by atoms with E-state index in [1.165, 1.54) is 12.1 Å². The van der Waals surface area contributed by atoms with Crippen LogP contribution < -0.4 is 10.6 Å². The Kier molecular flexibility index (Phi) is 3.89. The van der Waals surface area contributed by atoms with Crippen molar-refractivity contribution in [2.45, 2.75) is 31.7 Å². The van der Waals surface area contributed by atoms with E-state index in [0.29, 0.717) is 6.42 Å². The zero-order valence-electron chi connectivity index (χ0n) is 11.2. The number of phenolic OH excluding ortho intramolecular Hbond substituents is 1. The summed E-state index contributed by atoms with van der Waals surface area (Å²) in [6.45, 7) is 2.54. The number of nitrogens with zero attached hydrogens (tertiary/aromatic N) is 1. The lowest BCUT2D eigenvalue weighted by Crippen LogP contribution is -2.54. The molecule has 0 saturated carbocycles. The molecular formula is C13H17N3O4. The second-order valence-corrected chi connectivity index (χ2v) is 5.13. The number of phenols is 1. The largest absolute Gasteiger partial charge is 0.506 e. The average Bonchev–Trinajstić information content (AvgIpc) is 2.41. The highest BCUT2D eigenvalue weighted by molar-refractivity contribution is 5.99. The van der Waals surface area contributed by atoms with Gasteiger partial charge in [-0.1, -0.05) is 0 Å². The minimum absolute atomic E-state index is 0.0535. The Morgan fingerprint density at radius 1 is 1.50 bits per heavy atom. The lowest BCUT2D eigenvalue weighted by molar-refractivity contribution is -0.384. The van der Waals surface area contributed by atoms with Crippen LogP contribution >= 0.6 is 0 Å². The monoisotopic (exact) mass is 279 g/mol. The van der Waals surface area contributed by atoms with Crippen LogP contribution in [-0.4, -0.2) is 28.0 Å². The number of nitro benzene ring substituents is 1. The molecule has 0 aliphatic carbocycles. The topological polar surface area (TPSA) is 104 Å². The highest BCUT2D eigenvalue weighted by Gasteiger charge is 2.34. The first-order valence-corrected chi connectivity index (χ1v) is 6.46. The van der Waals surface area contributed by atoms with Gasteiger partial charge in [0.15, 0.2) is 0 Å². The van der Waals surface area contributed by atoms with Crippen molar-refractivity contribution in [1.29, 1.82) is 0 Å². The number of piperidine rings is 1. The molecule has 1 aliphatic heterocycles. The standard InChI is InChI=1S/C13H17N3O4/c1-13(6-2-3-7-14-13)12(18)15-10-8-9(16(19)20)4-5-11(10)17/h4-5,8,14,17H,2-3,6-7H2,1H3,(H,15,18). The lowest BCUT2D eigenvalue weighted by atomic mass is 9.90. The molecule has 0 spiro atoms. The number of nitro groups is 1. The molecule has 1 amide bonds. The molecule has 108 valence electrons. The van der Waals surface area contributed by atoms with E-state index in [4.69, 9.17) is 0 Å². The summed E-state index contributed by atoms with van der Waals surface area (Å²) in [5.41, 5.74) is -0.840. The van der Waals surface area contributed by atoms with Crippen LogP contribution in [0.4, 0.5) is 11.4 Å². The molecular weight excluding hydrogens is 262 g/mol. The Balaban J connectivity index is 2.18. The van der Waals surface area contributed by atoms with Crippen LogP contribution in [0.5, 0.6) is 5.75 Å². The fourth-order valence-electron chi connectivity index (χ4n) is 2.25. The summed E-state index contributed by atoms with van der Waals surface area (Å²) in [7, 11) is 0. The maximum atomic E-state index is 12.3. The maximum absolute atomic E-state index is 12.3. The molecule has 1 saturated heterocycles. The van der Waals surface area contributed by atoms with Crippen molar-refractivity contribution in [3.63, 3.8) is 0 Å². The molecule has 0 radical (unpaired) electrons. The number of carbonyl (C=O) groups excluding carboxylic acids is 1. The second kappa shape index (κ2) is 5.46. The van der Waals surface area contributed by atoms with E-state index < -0.39 is 10.5 Å². The smallest absolute Gasteiger partial charge is 0.271 e. The highest BCUT2D eigenvalue weighted by Crippen LogP contribution is 2.29. The van der Waals surface area contributed by atoms with Gasteiger partial charge in [-0.15, -0.1) is 0 Å². The van der Waals surface area contributed by atoms with E-state index in [-0.39, 0.29) is 23.0 Å². The molecule has 1 unspecified atom stereocenters. The summed E-state index contributed by atoms with van der Waals surface area (Å²) in [6.07, 6.45) is 2.65. The van der Waals surface area contributed by atoms with Crippen molar-refractivity contribution in [2.75, 3.05) is 11.9 Å². The van der Waals surface area contributed by atoms with Crippen molar-refractivity contribution in [1.82, 2.24) is 5.32 Å². The van der Waals surface area contributed by atoms with Gasteiger partial charge in [0.2, 0.25) is 5.91 Å². The van der Waals surface area contributed by atoms with Crippen molar-refractivity contribution < 1.29 is 14.8 Å². The lowest BCUT2D eigenvalue weighted by Gasteiger charge is -2.33. The van der Waals surface area contributed by atoms with Gasteiger partial charge in [-0.05, 0) is 38.8 Å². The van der Waals surface area contributed by atoms with Gasteiger partial charge in [-0.25, -0.2) is 0 Å². The number of benzene rings is 1. The highest BCUT2D eigenvalue weighted by atomic mass is 16.6. The Morgan fingerprint density at radius 2 is 2.25 bits per heavy atom. The molecule has 0 bridgehead atoms. The summed E-state index contributed by atoms with van der Waals surface area (Å²) in [6, 6.07) is 3.54. The molecule has 1 aromatic rings. The Hall–Kier alpha value is -2.15. The number of non-ortho nitro benzene ring substituents is 1. The molecule has 1 fully saturated rings. The fraction of sp³-hybridized carbons (Fsp3) is 0.462. The predicted molar refractivity (Wildman–Crippen MR) is 73.6 cm³/mol. The van der Waals surface area contributed by atoms with E-state index in [0.717, 1.165) is 25.5 Å². The van der Waals surface area contributed by atoms with Crippen LogP contribution in [0.15, 0.2) is 18.2 Å². The molecule has 3 N–H and O–H groups in total. The van der Waals surface area contributed by atoms with Gasteiger partial charge in [0.25, 0.3) is 5.69 Å². The molecule has 1 aliphatic rings. The van der Waals surface area contributed by atoms with E-state index in [9.17, 15) is 20.0 Å². The van der Waals surface area contributed by atoms with Gasteiger partial charge in [0, 0.05) is 12.1 Å². The van der Waals surface area contributed by atoms with Crippen LogP contribution in [0.25, 0.3) is 0 Å². The van der Waals surface area contributed by atoms with E-state index >= 15 is 0 Å². The SMILES string of the molecule is CC1(C(=O)Nc2cc([N+](=O)[O-])ccc2O)CCCCN1. The molecule has 2 rings (SSSR count). The third kappa shape index (κ3) is 2.88. The molecule has 7 nitrogen and oxygen atoms in total. The van der Waals surface area contributed by atoms with Gasteiger partial charge >= 0.3 is 0 Å². The fourth-order valence-corrected chi connectivity index (χ4v) is 2.25. The Bertz CT molecular complexity index is 538.